The van der Waals surface area contributed by atoms with Crippen LogP contribution in [0.25, 0.3) is 0 Å². The predicted octanol–water partition coefficient (Wildman–Crippen LogP) is 5.39. The van der Waals surface area contributed by atoms with Crippen molar-refractivity contribution < 1.29 is 19.4 Å². The first-order valence-electron chi connectivity index (χ1n) is 7.77. The molecule has 0 fully saturated rings. The Morgan fingerprint density at radius 3 is 2.52 bits per heavy atom. The van der Waals surface area contributed by atoms with Crippen LogP contribution >= 0.6 is 11.8 Å². The highest BCUT2D eigenvalue weighted by Gasteiger charge is 2.06. The van der Waals surface area contributed by atoms with Crippen LogP contribution in [0.15, 0.2) is 22.8 Å². The van der Waals surface area contributed by atoms with Crippen LogP contribution in [-0.4, -0.2) is 16.8 Å². The van der Waals surface area contributed by atoms with Crippen LogP contribution in [0.2, 0.25) is 0 Å². The Labute approximate surface area is 130 Å². The number of carbonyl (C=O) groups is 1. The van der Waals surface area contributed by atoms with Gasteiger partial charge in [-0.2, -0.15) is 0 Å². The van der Waals surface area contributed by atoms with Gasteiger partial charge in [-0.25, -0.2) is 4.79 Å². The molecule has 21 heavy (non-hydrogen) atoms. The summed E-state index contributed by atoms with van der Waals surface area (Å²) in [5.41, 5.74) is 0. The summed E-state index contributed by atoms with van der Waals surface area (Å²) in [6.45, 7) is 0. The summed E-state index contributed by atoms with van der Waals surface area (Å²) < 4.78 is 11.4. The van der Waals surface area contributed by atoms with Gasteiger partial charge in [-0.3, -0.25) is 4.94 Å². The maximum absolute atomic E-state index is 11.4. The van der Waals surface area contributed by atoms with E-state index in [0.29, 0.717) is 12.2 Å². The largest absolute Gasteiger partial charge is 0.511 e. The molecular formula is C16H25FO3S. The number of hydrogen-bond donors (Lipinski definition) is 1. The molecule has 5 heteroatoms. The molecule has 0 spiro atoms. The molecule has 0 atom stereocenters. The summed E-state index contributed by atoms with van der Waals surface area (Å²) in [5.74, 6) is 0.821. The maximum Gasteiger partial charge on any atom is 0.348 e. The van der Waals surface area contributed by atoms with E-state index in [4.69, 9.17) is 0 Å². The zero-order valence-corrected chi connectivity index (χ0v) is 13.3. The van der Waals surface area contributed by atoms with E-state index in [9.17, 15) is 14.4 Å². The van der Waals surface area contributed by atoms with Crippen molar-refractivity contribution in [3.63, 3.8) is 0 Å². The zero-order valence-electron chi connectivity index (χ0n) is 12.5. The molecule has 0 unspecified atom stereocenters. The van der Waals surface area contributed by atoms with E-state index in [-0.39, 0.29) is 6.42 Å². The highest BCUT2D eigenvalue weighted by atomic mass is 32.2. The standard InChI is InChI=1S/C16H25FO3S/c17-20-16(19)12-6-4-2-1-3-5-9-13-21-15-11-8-7-10-14(15)18/h8,11,18H,1-7,9-10,12-13H2. The molecule has 3 nitrogen and oxygen atoms in total. The summed E-state index contributed by atoms with van der Waals surface area (Å²) in [6, 6.07) is 0. The fourth-order valence-electron chi connectivity index (χ4n) is 2.24. The third kappa shape index (κ3) is 8.81. The van der Waals surface area contributed by atoms with E-state index in [1.165, 1.54) is 12.8 Å². The van der Waals surface area contributed by atoms with Gasteiger partial charge in [0.1, 0.15) is 5.76 Å². The molecule has 0 heterocycles. The number of rotatable bonds is 11. The van der Waals surface area contributed by atoms with E-state index < -0.39 is 5.97 Å². The zero-order chi connectivity index (χ0) is 15.3. The quantitative estimate of drug-likeness (QED) is 0.519. The van der Waals surface area contributed by atoms with Crippen LogP contribution in [0.1, 0.15) is 64.2 Å². The van der Waals surface area contributed by atoms with E-state index in [2.05, 4.69) is 11.0 Å². The minimum Gasteiger partial charge on any atom is -0.511 e. The number of halogens is 1. The Bertz CT molecular complexity index is 367. The summed E-state index contributed by atoms with van der Waals surface area (Å²) in [4.78, 5) is 14.7. The number of aliphatic hydroxyl groups excluding tert-OH is 1. The smallest absolute Gasteiger partial charge is 0.348 e. The Hall–Kier alpha value is -0.970. The van der Waals surface area contributed by atoms with Gasteiger partial charge in [0, 0.05) is 22.3 Å². The predicted molar refractivity (Wildman–Crippen MR) is 84.6 cm³/mol. The Balaban J connectivity index is 1.87. The van der Waals surface area contributed by atoms with Crippen LogP contribution < -0.4 is 0 Å². The number of unbranched alkanes of at least 4 members (excludes halogenated alkanes) is 6. The second kappa shape index (κ2) is 11.7. The minimum absolute atomic E-state index is 0.180. The van der Waals surface area contributed by atoms with Gasteiger partial charge in [0.2, 0.25) is 0 Å². The number of hydrogen-bond acceptors (Lipinski definition) is 4. The van der Waals surface area contributed by atoms with Gasteiger partial charge in [-0.05, 0) is 31.1 Å². The highest BCUT2D eigenvalue weighted by Crippen LogP contribution is 2.27. The second-order valence-corrected chi connectivity index (χ2v) is 6.41. The van der Waals surface area contributed by atoms with Crippen molar-refractivity contribution in [1.82, 2.24) is 0 Å². The monoisotopic (exact) mass is 316 g/mol. The highest BCUT2D eigenvalue weighted by molar-refractivity contribution is 8.03. The summed E-state index contributed by atoms with van der Waals surface area (Å²) in [5, 5.41) is 9.70. The van der Waals surface area contributed by atoms with Crippen molar-refractivity contribution in [2.45, 2.75) is 64.2 Å². The van der Waals surface area contributed by atoms with Crippen LogP contribution in [0.3, 0.4) is 0 Å². The fraction of sp³-hybridized carbons (Fsp3) is 0.688. The minimum atomic E-state index is -0.763. The molecule has 1 aliphatic rings. The van der Waals surface area contributed by atoms with Crippen molar-refractivity contribution >= 4 is 17.7 Å². The summed E-state index contributed by atoms with van der Waals surface area (Å²) >= 11 is 1.74. The van der Waals surface area contributed by atoms with E-state index in [0.717, 1.165) is 49.2 Å². The molecule has 1 aliphatic carbocycles. The molecule has 0 aromatic rings. The molecule has 120 valence electrons. The molecular weight excluding hydrogens is 291 g/mol. The van der Waals surface area contributed by atoms with Gasteiger partial charge in [0.25, 0.3) is 0 Å². The van der Waals surface area contributed by atoms with Crippen LogP contribution in [0.5, 0.6) is 0 Å². The average Bonchev–Trinajstić information content (AvgIpc) is 2.50. The van der Waals surface area contributed by atoms with Gasteiger partial charge in [0.05, 0.1) is 0 Å². The Morgan fingerprint density at radius 1 is 1.19 bits per heavy atom. The SMILES string of the molecule is O=C(CCCCCCCCCSC1=C(O)CCC=C1)OF. The molecule has 0 bridgehead atoms. The molecule has 1 rings (SSSR count). The molecule has 0 saturated heterocycles. The maximum atomic E-state index is 11.4. The molecule has 0 aromatic heterocycles. The first-order chi connectivity index (χ1) is 10.2. The van der Waals surface area contributed by atoms with Gasteiger partial charge in [-0.1, -0.05) is 38.2 Å². The first kappa shape index (κ1) is 18.1. The van der Waals surface area contributed by atoms with Crippen molar-refractivity contribution in [2.24, 2.45) is 0 Å². The normalized spacial score (nSPS) is 14.5. The molecule has 0 radical (unpaired) electrons. The second-order valence-electron chi connectivity index (χ2n) is 5.27. The van der Waals surface area contributed by atoms with Gasteiger partial charge in [-0.15, -0.1) is 11.8 Å². The summed E-state index contributed by atoms with van der Waals surface area (Å²) in [6.07, 6.45) is 13.5. The van der Waals surface area contributed by atoms with Crippen molar-refractivity contribution in [1.29, 1.82) is 0 Å². The lowest BCUT2D eigenvalue weighted by Crippen LogP contribution is -1.96. The Kier molecular flexibility index (Phi) is 10.0. The van der Waals surface area contributed by atoms with Gasteiger partial charge >= 0.3 is 5.97 Å². The van der Waals surface area contributed by atoms with Crippen LogP contribution in [0, 0.1) is 0 Å². The number of aliphatic hydroxyl groups is 1. The van der Waals surface area contributed by atoms with E-state index >= 15 is 0 Å². The third-order valence-electron chi connectivity index (χ3n) is 3.47. The molecule has 0 saturated carbocycles. The van der Waals surface area contributed by atoms with Crippen LogP contribution in [-0.2, 0) is 9.74 Å². The van der Waals surface area contributed by atoms with Crippen molar-refractivity contribution in [2.75, 3.05) is 5.75 Å². The average molecular weight is 316 g/mol. The molecule has 1 N–H and O–H groups in total. The van der Waals surface area contributed by atoms with Gasteiger partial charge in [0.15, 0.2) is 0 Å². The first-order valence-corrected chi connectivity index (χ1v) is 8.75. The lowest BCUT2D eigenvalue weighted by Gasteiger charge is -2.10. The van der Waals surface area contributed by atoms with Gasteiger partial charge < -0.3 is 5.11 Å². The number of allylic oxidation sites excluding steroid dienone is 3. The summed E-state index contributed by atoms with van der Waals surface area (Å²) in [7, 11) is 0. The van der Waals surface area contributed by atoms with E-state index in [1.807, 2.05) is 6.08 Å². The molecule has 0 amide bonds. The number of carbonyl (C=O) groups excluding carboxylic acids is 1. The van der Waals surface area contributed by atoms with Crippen LogP contribution in [0.4, 0.5) is 4.53 Å². The van der Waals surface area contributed by atoms with E-state index in [1.54, 1.807) is 11.8 Å². The fourth-order valence-corrected chi connectivity index (χ4v) is 3.27. The van der Waals surface area contributed by atoms with Crippen molar-refractivity contribution in [3.05, 3.63) is 22.8 Å². The molecule has 0 aromatic carbocycles. The lowest BCUT2D eigenvalue weighted by molar-refractivity contribution is -0.183. The van der Waals surface area contributed by atoms with Crippen molar-refractivity contribution in [3.8, 4) is 0 Å². The Morgan fingerprint density at radius 2 is 1.86 bits per heavy atom. The lowest BCUT2D eigenvalue weighted by atomic mass is 10.1. The molecule has 0 aliphatic heterocycles. The third-order valence-corrected chi connectivity index (χ3v) is 4.65. The topological polar surface area (TPSA) is 46.5 Å². The number of thioether (sulfide) groups is 1.